The van der Waals surface area contributed by atoms with Gasteiger partial charge in [0.2, 0.25) is 0 Å². The Morgan fingerprint density at radius 3 is 3.05 bits per heavy atom. The Kier molecular flexibility index (Phi) is 5.60. The quantitative estimate of drug-likeness (QED) is 0.860. The molecule has 0 saturated carbocycles. The number of methoxy groups -OCH3 is 1. The van der Waals surface area contributed by atoms with Gasteiger partial charge >= 0.3 is 0 Å². The number of likely N-dealkylation sites (N-methyl/N-ethyl adjacent to an activating group) is 1. The van der Waals surface area contributed by atoms with Gasteiger partial charge in [0.25, 0.3) is 0 Å². The molecule has 110 valence electrons. The van der Waals surface area contributed by atoms with Crippen LogP contribution in [0.5, 0.6) is 5.75 Å². The van der Waals surface area contributed by atoms with Crippen LogP contribution in [-0.4, -0.2) is 56.6 Å². The number of rotatable bonds is 6. The molecule has 20 heavy (non-hydrogen) atoms. The highest BCUT2D eigenvalue weighted by Crippen LogP contribution is 2.29. The van der Waals surface area contributed by atoms with Crippen LogP contribution in [0.2, 0.25) is 0 Å². The van der Waals surface area contributed by atoms with E-state index in [4.69, 9.17) is 9.47 Å². The minimum Gasteiger partial charge on any atom is -0.489 e. The van der Waals surface area contributed by atoms with Gasteiger partial charge in [0, 0.05) is 30.2 Å². The molecule has 1 atom stereocenters. The van der Waals surface area contributed by atoms with Gasteiger partial charge in [-0.25, -0.2) is 0 Å². The van der Waals surface area contributed by atoms with Gasteiger partial charge in [-0.1, -0.05) is 15.9 Å². The van der Waals surface area contributed by atoms with E-state index in [0.29, 0.717) is 19.8 Å². The summed E-state index contributed by atoms with van der Waals surface area (Å²) in [7, 11) is 3.58. The normalized spacial score (nSPS) is 15.6. The second kappa shape index (κ2) is 7.22. The Hall–Kier alpha value is -0.880. The largest absolute Gasteiger partial charge is 0.489 e. The summed E-state index contributed by atoms with van der Waals surface area (Å²) in [6.07, 6.45) is 1.69. The Morgan fingerprint density at radius 1 is 1.50 bits per heavy atom. The first kappa shape index (κ1) is 15.5. The fraction of sp³-hybridized carbons (Fsp3) is 0.467. The molecule has 1 aliphatic rings. The van der Waals surface area contributed by atoms with Gasteiger partial charge in [0.15, 0.2) is 0 Å². The van der Waals surface area contributed by atoms with Gasteiger partial charge in [0.05, 0.1) is 12.7 Å². The van der Waals surface area contributed by atoms with Crippen LogP contribution in [-0.2, 0) is 4.74 Å². The number of benzene rings is 1. The third-order valence-corrected chi connectivity index (χ3v) is 3.59. The summed E-state index contributed by atoms with van der Waals surface area (Å²) >= 11 is 3.47. The average Bonchev–Trinajstić information content (AvgIpc) is 2.38. The number of aliphatic hydroxyl groups is 1. The maximum absolute atomic E-state index is 9.72. The second-order valence-corrected chi connectivity index (χ2v) is 6.00. The summed E-state index contributed by atoms with van der Waals surface area (Å²) in [4.78, 5) is 2.07. The van der Waals surface area contributed by atoms with Crippen molar-refractivity contribution in [2.24, 2.45) is 0 Å². The minimum absolute atomic E-state index is 0.357. The van der Waals surface area contributed by atoms with E-state index in [2.05, 4.69) is 26.9 Å². The van der Waals surface area contributed by atoms with Crippen molar-refractivity contribution in [3.05, 3.63) is 33.8 Å². The number of fused-ring (bicyclic) bond motifs is 1. The van der Waals surface area contributed by atoms with Crippen LogP contribution in [0.15, 0.2) is 28.2 Å². The average molecular weight is 342 g/mol. The maximum Gasteiger partial charge on any atom is 0.127 e. The van der Waals surface area contributed by atoms with Crippen LogP contribution in [0, 0.1) is 0 Å². The van der Waals surface area contributed by atoms with E-state index in [1.54, 1.807) is 7.11 Å². The highest BCUT2D eigenvalue weighted by Gasteiger charge is 2.14. The number of ether oxygens (including phenoxy) is 2. The number of hydrogen-bond donors (Lipinski definition) is 1. The predicted molar refractivity (Wildman–Crippen MR) is 83.0 cm³/mol. The van der Waals surface area contributed by atoms with Gasteiger partial charge in [-0.05, 0) is 36.9 Å². The fourth-order valence-corrected chi connectivity index (χ4v) is 2.68. The van der Waals surface area contributed by atoms with E-state index in [1.165, 1.54) is 5.57 Å². The van der Waals surface area contributed by atoms with E-state index in [-0.39, 0.29) is 0 Å². The maximum atomic E-state index is 9.72. The van der Waals surface area contributed by atoms with Crippen LogP contribution >= 0.6 is 15.9 Å². The van der Waals surface area contributed by atoms with Gasteiger partial charge in [-0.3, -0.25) is 4.90 Å². The fourth-order valence-electron chi connectivity index (χ4n) is 2.30. The van der Waals surface area contributed by atoms with Crippen LogP contribution in [0.4, 0.5) is 0 Å². The zero-order chi connectivity index (χ0) is 14.5. The van der Waals surface area contributed by atoms with Crippen molar-refractivity contribution in [1.82, 2.24) is 4.90 Å². The molecule has 0 bridgehead atoms. The standard InChI is InChI=1S/C15H20BrNO3/c1-17(8-14(18)10-19-2)7-11-5-12-6-13(16)3-4-15(12)20-9-11/h3-6,14,18H,7-10H2,1-2H3. The molecule has 0 saturated heterocycles. The SMILES string of the molecule is COCC(O)CN(C)CC1=Cc2cc(Br)ccc2OC1. The first-order chi connectivity index (χ1) is 9.58. The lowest BCUT2D eigenvalue weighted by Crippen LogP contribution is -2.34. The molecule has 1 heterocycles. The third kappa shape index (κ3) is 4.31. The summed E-state index contributed by atoms with van der Waals surface area (Å²) in [5.41, 5.74) is 2.29. The molecule has 5 heteroatoms. The van der Waals surface area contributed by atoms with E-state index in [0.717, 1.165) is 22.3 Å². The molecule has 1 N–H and O–H groups in total. The van der Waals surface area contributed by atoms with E-state index < -0.39 is 6.10 Å². The predicted octanol–water partition coefficient (Wildman–Crippen LogP) is 2.16. The number of nitrogens with zero attached hydrogens (tertiary/aromatic N) is 1. The van der Waals surface area contributed by atoms with Gasteiger partial charge < -0.3 is 14.6 Å². The Labute approximate surface area is 128 Å². The molecular formula is C15H20BrNO3. The lowest BCUT2D eigenvalue weighted by molar-refractivity contribution is 0.0446. The lowest BCUT2D eigenvalue weighted by Gasteiger charge is -2.24. The number of hydrogen-bond acceptors (Lipinski definition) is 4. The Morgan fingerprint density at radius 2 is 2.30 bits per heavy atom. The molecule has 0 spiro atoms. The Bertz CT molecular complexity index is 490. The van der Waals surface area contributed by atoms with Crippen LogP contribution in [0.3, 0.4) is 0 Å². The first-order valence-corrected chi connectivity index (χ1v) is 7.35. The summed E-state index contributed by atoms with van der Waals surface area (Å²) in [5, 5.41) is 9.72. The first-order valence-electron chi connectivity index (χ1n) is 6.56. The third-order valence-electron chi connectivity index (χ3n) is 3.10. The molecule has 1 aliphatic heterocycles. The van der Waals surface area contributed by atoms with Gasteiger partial charge in [-0.2, -0.15) is 0 Å². The molecule has 0 amide bonds. The summed E-state index contributed by atoms with van der Waals surface area (Å²) in [6, 6.07) is 6.00. The van der Waals surface area contributed by atoms with E-state index in [1.807, 2.05) is 25.2 Å². The highest BCUT2D eigenvalue weighted by atomic mass is 79.9. The molecule has 0 aromatic heterocycles. The van der Waals surface area contributed by atoms with Crippen molar-refractivity contribution in [2.75, 3.05) is 40.5 Å². The smallest absolute Gasteiger partial charge is 0.127 e. The van der Waals surface area contributed by atoms with Gasteiger partial charge in [0.1, 0.15) is 12.4 Å². The number of aliphatic hydroxyl groups excluding tert-OH is 1. The molecular weight excluding hydrogens is 322 g/mol. The van der Waals surface area contributed by atoms with Gasteiger partial charge in [-0.15, -0.1) is 0 Å². The molecule has 0 aliphatic carbocycles. The lowest BCUT2D eigenvalue weighted by atomic mass is 10.1. The zero-order valence-corrected chi connectivity index (χ0v) is 13.4. The van der Waals surface area contributed by atoms with Crippen LogP contribution in [0.1, 0.15) is 5.56 Å². The topological polar surface area (TPSA) is 41.9 Å². The molecule has 0 radical (unpaired) electrons. The Balaban J connectivity index is 1.97. The summed E-state index contributed by atoms with van der Waals surface area (Å²) in [5.74, 6) is 0.916. The summed E-state index contributed by atoms with van der Waals surface area (Å²) in [6.45, 7) is 2.30. The number of halogens is 1. The highest BCUT2D eigenvalue weighted by molar-refractivity contribution is 9.10. The minimum atomic E-state index is -0.462. The van der Waals surface area contributed by atoms with Crippen LogP contribution < -0.4 is 4.74 Å². The van der Waals surface area contributed by atoms with E-state index in [9.17, 15) is 5.11 Å². The monoisotopic (exact) mass is 341 g/mol. The van der Waals surface area contributed by atoms with Crippen molar-refractivity contribution in [3.8, 4) is 5.75 Å². The molecule has 2 rings (SSSR count). The summed E-state index contributed by atoms with van der Waals surface area (Å²) < 4.78 is 11.7. The van der Waals surface area contributed by atoms with Crippen molar-refractivity contribution >= 4 is 22.0 Å². The van der Waals surface area contributed by atoms with Crippen LogP contribution in [0.25, 0.3) is 6.08 Å². The molecule has 1 aromatic carbocycles. The second-order valence-electron chi connectivity index (χ2n) is 5.08. The van der Waals surface area contributed by atoms with Crippen molar-refractivity contribution in [3.63, 3.8) is 0 Å². The molecule has 0 fully saturated rings. The van der Waals surface area contributed by atoms with Crippen molar-refractivity contribution in [1.29, 1.82) is 0 Å². The zero-order valence-electron chi connectivity index (χ0n) is 11.8. The van der Waals surface area contributed by atoms with E-state index >= 15 is 0 Å². The molecule has 1 unspecified atom stereocenters. The van der Waals surface area contributed by atoms with Crippen molar-refractivity contribution < 1.29 is 14.6 Å². The molecule has 4 nitrogen and oxygen atoms in total. The molecule has 1 aromatic rings. The van der Waals surface area contributed by atoms with Crippen molar-refractivity contribution in [2.45, 2.75) is 6.10 Å².